The van der Waals surface area contributed by atoms with Gasteiger partial charge in [0.25, 0.3) is 5.56 Å². The molecule has 8 heteroatoms. The minimum atomic E-state index is -0.564. The van der Waals surface area contributed by atoms with E-state index in [1.807, 2.05) is 0 Å². The largest absolute Gasteiger partial charge is 0.469 e. The Labute approximate surface area is 129 Å². The van der Waals surface area contributed by atoms with Gasteiger partial charge in [-0.3, -0.25) is 14.4 Å². The number of carbonyl (C=O) groups excluding carboxylic acids is 2. The summed E-state index contributed by atoms with van der Waals surface area (Å²) in [4.78, 5) is 34.3. The molecular weight excluding hydrogens is 304 g/mol. The molecule has 0 radical (unpaired) electrons. The maximum absolute atomic E-state index is 11.7. The summed E-state index contributed by atoms with van der Waals surface area (Å²) in [5.41, 5.74) is 0.889. The van der Waals surface area contributed by atoms with E-state index in [2.05, 4.69) is 14.9 Å². The summed E-state index contributed by atoms with van der Waals surface area (Å²) in [6.45, 7) is 0. The first kappa shape index (κ1) is 14.8. The number of hydrogen-bond donors (Lipinski definition) is 1. The number of esters is 2. The van der Waals surface area contributed by atoms with Crippen LogP contribution in [0.5, 0.6) is 5.75 Å². The van der Waals surface area contributed by atoms with Crippen LogP contribution in [-0.4, -0.2) is 29.2 Å². The van der Waals surface area contributed by atoms with E-state index in [4.69, 9.17) is 9.15 Å². The number of benzene rings is 1. The van der Waals surface area contributed by atoms with Crippen LogP contribution in [-0.2, 0) is 14.3 Å². The minimum absolute atomic E-state index is 0.0542. The number of aromatic amines is 1. The number of carbonyl (C=O) groups is 2. The van der Waals surface area contributed by atoms with Gasteiger partial charge in [-0.15, -0.1) is 0 Å². The van der Waals surface area contributed by atoms with Crippen LogP contribution < -0.4 is 10.3 Å². The first-order valence-electron chi connectivity index (χ1n) is 6.75. The van der Waals surface area contributed by atoms with Crippen LogP contribution in [0.1, 0.15) is 12.8 Å². The van der Waals surface area contributed by atoms with E-state index in [1.165, 1.54) is 13.4 Å². The van der Waals surface area contributed by atoms with Gasteiger partial charge in [-0.1, -0.05) is 0 Å². The predicted octanol–water partition coefficient (Wildman–Crippen LogP) is 1.48. The van der Waals surface area contributed by atoms with Crippen LogP contribution in [0, 0.1) is 0 Å². The van der Waals surface area contributed by atoms with Crippen LogP contribution >= 0.6 is 0 Å². The Kier molecular flexibility index (Phi) is 3.80. The van der Waals surface area contributed by atoms with Gasteiger partial charge in [-0.2, -0.15) is 5.10 Å². The lowest BCUT2D eigenvalue weighted by Crippen LogP contribution is -2.11. The molecule has 1 aromatic carbocycles. The zero-order valence-electron chi connectivity index (χ0n) is 12.1. The number of aromatic nitrogens is 2. The molecule has 0 saturated carbocycles. The fraction of sp³-hybridized carbons (Fsp3) is 0.200. The minimum Gasteiger partial charge on any atom is -0.469 e. The second kappa shape index (κ2) is 5.91. The highest BCUT2D eigenvalue weighted by Gasteiger charge is 2.17. The lowest BCUT2D eigenvalue weighted by Gasteiger charge is -2.06. The lowest BCUT2D eigenvalue weighted by molar-refractivity contribution is -0.144. The first-order valence-corrected chi connectivity index (χ1v) is 6.75. The Balaban J connectivity index is 1.84. The number of nitrogens with zero attached hydrogens (tertiary/aromatic N) is 1. The number of nitrogens with one attached hydrogen (secondary N) is 1. The van der Waals surface area contributed by atoms with Crippen molar-refractivity contribution in [3.8, 4) is 17.0 Å². The SMILES string of the molecule is COC(=O)CCC(=O)Oc1ccc2occ3c(=O)[nH]nc-3c2c1. The van der Waals surface area contributed by atoms with Gasteiger partial charge < -0.3 is 13.9 Å². The molecule has 0 amide bonds. The number of rotatable bonds is 4. The molecule has 0 atom stereocenters. The van der Waals surface area contributed by atoms with Gasteiger partial charge in [0.15, 0.2) is 0 Å². The van der Waals surface area contributed by atoms with Crippen molar-refractivity contribution in [3.05, 3.63) is 34.8 Å². The summed E-state index contributed by atoms with van der Waals surface area (Å²) in [5.74, 6) is -0.781. The number of methoxy groups -OCH3 is 1. The highest BCUT2D eigenvalue weighted by atomic mass is 16.5. The molecule has 1 N–H and O–H groups in total. The van der Waals surface area contributed by atoms with Gasteiger partial charge in [0.2, 0.25) is 0 Å². The highest BCUT2D eigenvalue weighted by molar-refractivity contribution is 5.93. The zero-order chi connectivity index (χ0) is 16.4. The molecule has 8 nitrogen and oxygen atoms in total. The average molecular weight is 316 g/mol. The van der Waals surface area contributed by atoms with Gasteiger partial charge >= 0.3 is 11.9 Å². The topological polar surface area (TPSA) is 111 Å². The van der Waals surface area contributed by atoms with E-state index in [0.717, 1.165) is 0 Å². The summed E-state index contributed by atoms with van der Waals surface area (Å²) in [6, 6.07) is 4.72. The highest BCUT2D eigenvalue weighted by Crippen LogP contribution is 2.29. The molecule has 23 heavy (non-hydrogen) atoms. The molecule has 0 bridgehead atoms. The summed E-state index contributed by atoms with van der Waals surface area (Å²) >= 11 is 0. The Morgan fingerprint density at radius 1 is 1.26 bits per heavy atom. The molecule has 2 aliphatic heterocycles. The van der Waals surface area contributed by atoms with E-state index >= 15 is 0 Å². The fourth-order valence-corrected chi connectivity index (χ4v) is 2.12. The van der Waals surface area contributed by atoms with Gasteiger partial charge in [0.05, 0.1) is 20.0 Å². The molecule has 0 aromatic heterocycles. The summed E-state index contributed by atoms with van der Waals surface area (Å²) in [7, 11) is 1.25. The van der Waals surface area contributed by atoms with Crippen molar-refractivity contribution in [2.75, 3.05) is 7.11 Å². The fourth-order valence-electron chi connectivity index (χ4n) is 2.12. The third-order valence-electron chi connectivity index (χ3n) is 3.27. The molecule has 0 saturated heterocycles. The lowest BCUT2D eigenvalue weighted by atomic mass is 10.1. The maximum atomic E-state index is 11.7. The average Bonchev–Trinajstić information content (AvgIpc) is 2.94. The summed E-state index contributed by atoms with van der Waals surface area (Å²) in [5, 5.41) is 6.82. The van der Waals surface area contributed by atoms with Crippen molar-refractivity contribution >= 4 is 22.9 Å². The molecule has 2 aliphatic rings. The molecule has 118 valence electrons. The molecule has 0 spiro atoms. The molecular formula is C15H12N2O6. The van der Waals surface area contributed by atoms with Crippen molar-refractivity contribution in [2.45, 2.75) is 12.8 Å². The van der Waals surface area contributed by atoms with Gasteiger partial charge in [-0.05, 0) is 18.2 Å². The van der Waals surface area contributed by atoms with E-state index < -0.39 is 11.9 Å². The number of hydrogen-bond acceptors (Lipinski definition) is 7. The molecule has 1 aromatic rings. The monoisotopic (exact) mass is 316 g/mol. The maximum Gasteiger partial charge on any atom is 0.311 e. The van der Waals surface area contributed by atoms with Crippen LogP contribution in [0.15, 0.2) is 33.7 Å². The summed E-state index contributed by atoms with van der Waals surface area (Å²) in [6.07, 6.45) is 1.18. The van der Waals surface area contributed by atoms with Crippen LogP contribution in [0.2, 0.25) is 0 Å². The third-order valence-corrected chi connectivity index (χ3v) is 3.27. The third kappa shape index (κ3) is 2.91. The van der Waals surface area contributed by atoms with Gasteiger partial charge in [-0.25, -0.2) is 5.10 Å². The van der Waals surface area contributed by atoms with Crippen molar-refractivity contribution in [3.63, 3.8) is 0 Å². The first-order chi connectivity index (χ1) is 11.1. The van der Waals surface area contributed by atoms with E-state index in [-0.39, 0.29) is 24.2 Å². The van der Waals surface area contributed by atoms with Gasteiger partial charge in [0, 0.05) is 5.39 Å². The Bertz CT molecular complexity index is 910. The Morgan fingerprint density at radius 2 is 2.04 bits per heavy atom. The molecule has 0 fully saturated rings. The quantitative estimate of drug-likeness (QED) is 0.573. The second-order valence-corrected chi connectivity index (χ2v) is 4.76. The smallest absolute Gasteiger partial charge is 0.311 e. The van der Waals surface area contributed by atoms with Crippen molar-refractivity contribution in [1.29, 1.82) is 0 Å². The van der Waals surface area contributed by atoms with E-state index in [9.17, 15) is 14.4 Å². The number of ether oxygens (including phenoxy) is 2. The standard InChI is InChI=1S/C15H12N2O6/c1-21-12(18)4-5-13(19)23-8-2-3-11-9(6-8)14-10(7-22-11)15(20)17-16-14/h2-3,6-7H,4-5H2,1H3,(H,17,20). The van der Waals surface area contributed by atoms with Crippen molar-refractivity contribution in [1.82, 2.24) is 10.2 Å². The van der Waals surface area contributed by atoms with Crippen LogP contribution in [0.3, 0.4) is 0 Å². The molecule has 3 rings (SSSR count). The van der Waals surface area contributed by atoms with Crippen molar-refractivity contribution < 1.29 is 23.5 Å². The van der Waals surface area contributed by atoms with E-state index in [0.29, 0.717) is 22.2 Å². The molecule has 0 aliphatic carbocycles. The van der Waals surface area contributed by atoms with Gasteiger partial charge in [0.1, 0.15) is 28.9 Å². The predicted molar refractivity (Wildman–Crippen MR) is 78.1 cm³/mol. The van der Waals surface area contributed by atoms with Crippen molar-refractivity contribution in [2.24, 2.45) is 0 Å². The Morgan fingerprint density at radius 3 is 2.83 bits per heavy atom. The molecule has 0 unspecified atom stereocenters. The van der Waals surface area contributed by atoms with Crippen LogP contribution in [0.25, 0.3) is 22.2 Å². The second-order valence-electron chi connectivity index (χ2n) is 4.76. The van der Waals surface area contributed by atoms with Crippen LogP contribution in [0.4, 0.5) is 0 Å². The summed E-state index contributed by atoms with van der Waals surface area (Å²) < 4.78 is 15.0. The Hall–Kier alpha value is -3.16. The number of fused-ring (bicyclic) bond motifs is 3. The molecule has 2 heterocycles. The zero-order valence-corrected chi connectivity index (χ0v) is 12.1. The number of H-pyrrole nitrogens is 1. The van der Waals surface area contributed by atoms with E-state index in [1.54, 1.807) is 18.2 Å². The normalized spacial score (nSPS) is 10.8.